The molecule has 0 aliphatic carbocycles. The molecule has 0 saturated carbocycles. The molecule has 94 valence electrons. The number of hydrogen-bond acceptors (Lipinski definition) is 3. The molecule has 2 N–H and O–H groups in total. The van der Waals surface area contributed by atoms with Gasteiger partial charge in [-0.25, -0.2) is 4.98 Å². The maximum atomic E-state index is 5.88. The lowest BCUT2D eigenvalue weighted by Crippen LogP contribution is -2.05. The molecule has 0 saturated heterocycles. The fourth-order valence-corrected chi connectivity index (χ4v) is 3.70. The first-order valence-corrected chi connectivity index (χ1v) is 7.81. The lowest BCUT2D eigenvalue weighted by Gasteiger charge is -2.10. The summed E-state index contributed by atoms with van der Waals surface area (Å²) in [4.78, 5) is 5.47. The van der Waals surface area contributed by atoms with Crippen LogP contribution in [0.2, 0.25) is 0 Å². The Kier molecular flexibility index (Phi) is 4.84. The van der Waals surface area contributed by atoms with Gasteiger partial charge in [0.15, 0.2) is 0 Å². The molecule has 5 heteroatoms. The molecule has 0 fully saturated rings. The molecule has 0 aliphatic rings. The average molecular weight is 388 g/mol. The standard InChI is InChI=1S/C13H12Br2N2S/c1-8(16)10-5-4-9(7-12(10)15)18-13-11(14)3-2-6-17-13/h2-8H,16H2,1H3. The van der Waals surface area contributed by atoms with E-state index in [4.69, 9.17) is 5.73 Å². The van der Waals surface area contributed by atoms with Crippen LogP contribution in [-0.4, -0.2) is 4.98 Å². The number of pyridine rings is 1. The summed E-state index contributed by atoms with van der Waals surface area (Å²) < 4.78 is 2.04. The summed E-state index contributed by atoms with van der Waals surface area (Å²) in [7, 11) is 0. The largest absolute Gasteiger partial charge is 0.324 e. The van der Waals surface area contributed by atoms with Gasteiger partial charge in [0.05, 0.1) is 4.47 Å². The molecule has 2 aromatic rings. The van der Waals surface area contributed by atoms with Crippen LogP contribution < -0.4 is 5.73 Å². The summed E-state index contributed by atoms with van der Waals surface area (Å²) in [6, 6.07) is 10.1. The third kappa shape index (κ3) is 3.35. The van der Waals surface area contributed by atoms with Crippen molar-refractivity contribution < 1.29 is 0 Å². The van der Waals surface area contributed by atoms with Crippen LogP contribution >= 0.6 is 43.6 Å². The van der Waals surface area contributed by atoms with E-state index in [2.05, 4.69) is 49.0 Å². The summed E-state index contributed by atoms with van der Waals surface area (Å²) in [5, 5.41) is 0.956. The van der Waals surface area contributed by atoms with Crippen molar-refractivity contribution in [2.45, 2.75) is 22.9 Å². The Morgan fingerprint density at radius 1 is 1.22 bits per heavy atom. The zero-order valence-electron chi connectivity index (χ0n) is 9.73. The molecular formula is C13H12Br2N2S. The molecular weight excluding hydrogens is 376 g/mol. The van der Waals surface area contributed by atoms with Crippen LogP contribution in [0.15, 0.2) is 55.4 Å². The maximum Gasteiger partial charge on any atom is 0.115 e. The average Bonchev–Trinajstić information content (AvgIpc) is 2.32. The zero-order chi connectivity index (χ0) is 13.1. The Balaban J connectivity index is 2.26. The van der Waals surface area contributed by atoms with Gasteiger partial charge in [-0.2, -0.15) is 0 Å². The van der Waals surface area contributed by atoms with E-state index in [9.17, 15) is 0 Å². The Bertz CT molecular complexity index is 558. The lowest BCUT2D eigenvalue weighted by molar-refractivity contribution is 0.811. The van der Waals surface area contributed by atoms with E-state index in [1.165, 1.54) is 0 Å². The molecule has 2 rings (SSSR count). The van der Waals surface area contributed by atoms with Gasteiger partial charge in [0.2, 0.25) is 0 Å². The number of aromatic nitrogens is 1. The molecule has 1 atom stereocenters. The molecule has 0 amide bonds. The van der Waals surface area contributed by atoms with Crippen LogP contribution in [0.25, 0.3) is 0 Å². The van der Waals surface area contributed by atoms with Crippen LogP contribution in [0.5, 0.6) is 0 Å². The first kappa shape index (κ1) is 14.1. The Labute approximate surface area is 128 Å². The molecule has 1 unspecified atom stereocenters. The molecule has 1 aromatic heterocycles. The minimum Gasteiger partial charge on any atom is -0.324 e. The quantitative estimate of drug-likeness (QED) is 0.823. The number of halogens is 2. The van der Waals surface area contributed by atoms with Crippen molar-refractivity contribution in [1.82, 2.24) is 4.98 Å². The predicted octanol–water partition coefficient (Wildman–Crippen LogP) is 4.78. The molecule has 2 nitrogen and oxygen atoms in total. The van der Waals surface area contributed by atoms with E-state index in [1.807, 2.05) is 25.1 Å². The van der Waals surface area contributed by atoms with Gasteiger partial charge in [0.1, 0.15) is 5.03 Å². The number of hydrogen-bond donors (Lipinski definition) is 1. The molecule has 0 radical (unpaired) electrons. The van der Waals surface area contributed by atoms with E-state index in [0.717, 1.165) is 24.4 Å². The molecule has 18 heavy (non-hydrogen) atoms. The summed E-state index contributed by atoms with van der Waals surface area (Å²) in [6.45, 7) is 1.97. The SMILES string of the molecule is CC(N)c1ccc(Sc2ncccc2Br)cc1Br. The maximum absolute atomic E-state index is 5.88. The van der Waals surface area contributed by atoms with Crippen molar-refractivity contribution in [3.8, 4) is 0 Å². The van der Waals surface area contributed by atoms with Crippen LogP contribution in [0.4, 0.5) is 0 Å². The van der Waals surface area contributed by atoms with E-state index in [0.29, 0.717) is 0 Å². The second-order valence-electron chi connectivity index (χ2n) is 3.86. The first-order valence-electron chi connectivity index (χ1n) is 5.41. The van der Waals surface area contributed by atoms with Gasteiger partial charge in [0, 0.05) is 21.6 Å². The van der Waals surface area contributed by atoms with Crippen molar-refractivity contribution in [2.75, 3.05) is 0 Å². The van der Waals surface area contributed by atoms with E-state index >= 15 is 0 Å². The second-order valence-corrected chi connectivity index (χ2v) is 6.64. The molecule has 1 aromatic carbocycles. The minimum absolute atomic E-state index is 0.0278. The van der Waals surface area contributed by atoms with E-state index in [-0.39, 0.29) is 6.04 Å². The predicted molar refractivity (Wildman–Crippen MR) is 82.8 cm³/mol. The Morgan fingerprint density at radius 2 is 2.00 bits per heavy atom. The Hall–Kier alpha value is -0.360. The molecule has 0 spiro atoms. The highest BCUT2D eigenvalue weighted by Gasteiger charge is 2.08. The number of nitrogens with two attached hydrogens (primary N) is 1. The van der Waals surface area contributed by atoms with Crippen LogP contribution in [0.1, 0.15) is 18.5 Å². The smallest absolute Gasteiger partial charge is 0.115 e. The summed E-state index contributed by atoms with van der Waals surface area (Å²) in [6.07, 6.45) is 1.79. The fourth-order valence-electron chi connectivity index (χ4n) is 1.50. The van der Waals surface area contributed by atoms with Crippen molar-refractivity contribution in [1.29, 1.82) is 0 Å². The fraction of sp³-hybridized carbons (Fsp3) is 0.154. The van der Waals surface area contributed by atoms with Gasteiger partial charge in [-0.3, -0.25) is 0 Å². The topological polar surface area (TPSA) is 38.9 Å². The van der Waals surface area contributed by atoms with Gasteiger partial charge in [-0.1, -0.05) is 33.8 Å². The highest BCUT2D eigenvalue weighted by molar-refractivity contribution is 9.10. The lowest BCUT2D eigenvalue weighted by atomic mass is 10.1. The van der Waals surface area contributed by atoms with Gasteiger partial charge in [0.25, 0.3) is 0 Å². The third-order valence-corrected chi connectivity index (χ3v) is 5.00. The molecule has 0 bridgehead atoms. The second kappa shape index (κ2) is 6.19. The van der Waals surface area contributed by atoms with Crippen molar-refractivity contribution in [2.24, 2.45) is 5.73 Å². The van der Waals surface area contributed by atoms with E-state index < -0.39 is 0 Å². The van der Waals surface area contributed by atoms with E-state index in [1.54, 1.807) is 18.0 Å². The summed E-state index contributed by atoms with van der Waals surface area (Å²) in [5.74, 6) is 0. The minimum atomic E-state index is 0.0278. The van der Waals surface area contributed by atoms with Crippen molar-refractivity contribution in [3.63, 3.8) is 0 Å². The molecule has 1 heterocycles. The monoisotopic (exact) mass is 386 g/mol. The van der Waals surface area contributed by atoms with Crippen LogP contribution in [-0.2, 0) is 0 Å². The third-order valence-electron chi connectivity index (χ3n) is 2.40. The van der Waals surface area contributed by atoms with Crippen molar-refractivity contribution >= 4 is 43.6 Å². The van der Waals surface area contributed by atoms with Crippen LogP contribution in [0.3, 0.4) is 0 Å². The van der Waals surface area contributed by atoms with Crippen LogP contribution in [0, 0.1) is 0 Å². The highest BCUT2D eigenvalue weighted by atomic mass is 79.9. The number of benzene rings is 1. The van der Waals surface area contributed by atoms with Gasteiger partial charge < -0.3 is 5.73 Å². The highest BCUT2D eigenvalue weighted by Crippen LogP contribution is 2.34. The number of rotatable bonds is 3. The molecule has 0 aliphatic heterocycles. The van der Waals surface area contributed by atoms with Gasteiger partial charge in [-0.05, 0) is 52.7 Å². The first-order chi connectivity index (χ1) is 8.58. The van der Waals surface area contributed by atoms with Gasteiger partial charge >= 0.3 is 0 Å². The normalized spacial score (nSPS) is 12.4. The summed E-state index contributed by atoms with van der Waals surface area (Å²) >= 11 is 8.67. The van der Waals surface area contributed by atoms with Gasteiger partial charge in [-0.15, -0.1) is 0 Å². The van der Waals surface area contributed by atoms with Crippen molar-refractivity contribution in [3.05, 3.63) is 51.0 Å². The number of nitrogens with zero attached hydrogens (tertiary/aromatic N) is 1. The zero-order valence-corrected chi connectivity index (χ0v) is 13.7. The summed E-state index contributed by atoms with van der Waals surface area (Å²) in [5.41, 5.74) is 7.00. The Morgan fingerprint density at radius 3 is 2.61 bits per heavy atom.